The van der Waals surface area contributed by atoms with Gasteiger partial charge in [-0.2, -0.15) is 13.2 Å². The van der Waals surface area contributed by atoms with Gasteiger partial charge >= 0.3 is 6.18 Å². The molecule has 0 bridgehead atoms. The van der Waals surface area contributed by atoms with E-state index in [9.17, 15) is 13.2 Å². The Morgan fingerprint density at radius 1 is 1.43 bits per heavy atom. The van der Waals surface area contributed by atoms with Crippen LogP contribution < -0.4 is 15.4 Å². The second-order valence-electron chi connectivity index (χ2n) is 4.83. The first kappa shape index (κ1) is 19.0. The molecule has 6 nitrogen and oxygen atoms in total. The Balaban J connectivity index is 2.53. The summed E-state index contributed by atoms with van der Waals surface area (Å²) in [7, 11) is 3.23. The van der Waals surface area contributed by atoms with Crippen LogP contribution in [0.3, 0.4) is 0 Å². The van der Waals surface area contributed by atoms with Gasteiger partial charge in [0.1, 0.15) is 0 Å². The van der Waals surface area contributed by atoms with Crippen LogP contribution in [0.15, 0.2) is 23.3 Å². The van der Waals surface area contributed by atoms with Crippen LogP contribution >= 0.6 is 0 Å². The minimum atomic E-state index is -4.39. The number of aromatic nitrogens is 1. The van der Waals surface area contributed by atoms with Gasteiger partial charge in [0, 0.05) is 39.0 Å². The zero-order valence-corrected chi connectivity index (χ0v) is 13.3. The van der Waals surface area contributed by atoms with Crippen molar-refractivity contribution in [3.05, 3.63) is 23.9 Å². The molecule has 1 aromatic rings. The average molecular weight is 334 g/mol. The summed E-state index contributed by atoms with van der Waals surface area (Å²) in [5.41, 5.74) is 0.722. The second-order valence-corrected chi connectivity index (χ2v) is 4.83. The highest BCUT2D eigenvalue weighted by Crippen LogP contribution is 2.17. The predicted octanol–water partition coefficient (Wildman–Crippen LogP) is 1.72. The molecular weight excluding hydrogens is 313 g/mol. The lowest BCUT2D eigenvalue weighted by Gasteiger charge is -2.17. The highest BCUT2D eigenvalue weighted by Gasteiger charge is 2.28. The van der Waals surface area contributed by atoms with Gasteiger partial charge in [-0.05, 0) is 18.6 Å². The number of methoxy groups -OCH3 is 1. The Morgan fingerprint density at radius 2 is 2.17 bits per heavy atom. The number of rotatable bonds is 7. The van der Waals surface area contributed by atoms with E-state index in [1.54, 1.807) is 20.2 Å². The Morgan fingerprint density at radius 3 is 2.78 bits per heavy atom. The molecule has 0 radical (unpaired) electrons. The van der Waals surface area contributed by atoms with Gasteiger partial charge in [0.05, 0.1) is 6.61 Å². The molecule has 0 saturated carbocycles. The van der Waals surface area contributed by atoms with Crippen molar-refractivity contribution in [2.45, 2.75) is 25.7 Å². The largest absolute Gasteiger partial charge is 0.468 e. The SMILES string of the molecule is CN=C(NCc1ccnc(OCC(F)(F)F)c1)NC(C)COC. The van der Waals surface area contributed by atoms with E-state index >= 15 is 0 Å². The molecule has 0 amide bonds. The molecule has 1 aromatic heterocycles. The molecule has 2 N–H and O–H groups in total. The van der Waals surface area contributed by atoms with Crippen LogP contribution in [0.4, 0.5) is 13.2 Å². The van der Waals surface area contributed by atoms with Gasteiger partial charge in [-0.15, -0.1) is 0 Å². The number of nitrogens with one attached hydrogen (secondary N) is 2. The lowest BCUT2D eigenvalue weighted by atomic mass is 10.2. The molecule has 0 fully saturated rings. The quantitative estimate of drug-likeness (QED) is 0.587. The van der Waals surface area contributed by atoms with Crippen molar-refractivity contribution in [3.8, 4) is 5.88 Å². The van der Waals surface area contributed by atoms with E-state index in [2.05, 4.69) is 25.3 Å². The van der Waals surface area contributed by atoms with E-state index < -0.39 is 12.8 Å². The third-order valence-corrected chi connectivity index (χ3v) is 2.67. The maximum atomic E-state index is 12.1. The third kappa shape index (κ3) is 8.24. The third-order valence-electron chi connectivity index (χ3n) is 2.67. The molecule has 0 aliphatic rings. The van der Waals surface area contributed by atoms with Crippen molar-refractivity contribution in [1.29, 1.82) is 0 Å². The maximum Gasteiger partial charge on any atom is 0.422 e. The van der Waals surface area contributed by atoms with Crippen molar-refractivity contribution < 1.29 is 22.6 Å². The summed E-state index contributed by atoms with van der Waals surface area (Å²) < 4.78 is 46.0. The van der Waals surface area contributed by atoms with Gasteiger partial charge < -0.3 is 20.1 Å². The van der Waals surface area contributed by atoms with E-state index in [0.717, 1.165) is 5.56 Å². The Kier molecular flexibility index (Phi) is 7.60. The smallest absolute Gasteiger partial charge is 0.422 e. The maximum absolute atomic E-state index is 12.1. The summed E-state index contributed by atoms with van der Waals surface area (Å²) in [5, 5.41) is 6.17. The highest BCUT2D eigenvalue weighted by atomic mass is 19.4. The number of guanidine groups is 1. The van der Waals surface area contributed by atoms with Gasteiger partial charge in [-0.3, -0.25) is 4.99 Å². The molecule has 0 aliphatic heterocycles. The van der Waals surface area contributed by atoms with Crippen molar-refractivity contribution in [2.24, 2.45) is 4.99 Å². The summed E-state index contributed by atoms with van der Waals surface area (Å²) in [6.07, 6.45) is -2.99. The number of alkyl halides is 3. The molecule has 130 valence electrons. The molecule has 1 atom stereocenters. The zero-order valence-electron chi connectivity index (χ0n) is 13.3. The van der Waals surface area contributed by atoms with Crippen LogP contribution in [-0.4, -0.2) is 50.5 Å². The summed E-state index contributed by atoms with van der Waals surface area (Å²) in [6.45, 7) is 1.45. The molecule has 1 rings (SSSR count). The number of hydrogen-bond acceptors (Lipinski definition) is 4. The van der Waals surface area contributed by atoms with Gasteiger partial charge in [0.15, 0.2) is 12.6 Å². The number of ether oxygens (including phenoxy) is 2. The van der Waals surface area contributed by atoms with Gasteiger partial charge in [0.25, 0.3) is 0 Å². The van der Waals surface area contributed by atoms with Crippen LogP contribution in [0, 0.1) is 0 Å². The molecular formula is C14H21F3N4O2. The Bertz CT molecular complexity index is 509. The van der Waals surface area contributed by atoms with E-state index in [-0.39, 0.29) is 11.9 Å². The van der Waals surface area contributed by atoms with Crippen LogP contribution in [0.5, 0.6) is 5.88 Å². The summed E-state index contributed by atoms with van der Waals surface area (Å²) in [6, 6.07) is 3.19. The lowest BCUT2D eigenvalue weighted by molar-refractivity contribution is -0.154. The monoisotopic (exact) mass is 334 g/mol. The first-order chi connectivity index (χ1) is 10.8. The normalized spacial score (nSPS) is 13.6. The Labute approximate surface area is 133 Å². The minimum absolute atomic E-state index is 0.0642. The van der Waals surface area contributed by atoms with Gasteiger partial charge in [-0.25, -0.2) is 4.98 Å². The molecule has 1 unspecified atom stereocenters. The van der Waals surface area contributed by atoms with Crippen molar-refractivity contribution >= 4 is 5.96 Å². The number of aliphatic imine (C=N–C) groups is 1. The molecule has 0 aliphatic carbocycles. The fourth-order valence-corrected chi connectivity index (χ4v) is 1.70. The topological polar surface area (TPSA) is 67.8 Å². The first-order valence-corrected chi connectivity index (χ1v) is 6.94. The van der Waals surface area contributed by atoms with E-state index in [0.29, 0.717) is 19.1 Å². The predicted molar refractivity (Wildman–Crippen MR) is 80.5 cm³/mol. The highest BCUT2D eigenvalue weighted by molar-refractivity contribution is 5.79. The molecule has 1 heterocycles. The van der Waals surface area contributed by atoms with Gasteiger partial charge in [-0.1, -0.05) is 0 Å². The van der Waals surface area contributed by atoms with Crippen LogP contribution in [0.25, 0.3) is 0 Å². The molecule has 23 heavy (non-hydrogen) atoms. The summed E-state index contributed by atoms with van der Waals surface area (Å²) >= 11 is 0. The fourth-order valence-electron chi connectivity index (χ4n) is 1.70. The summed E-state index contributed by atoms with van der Waals surface area (Å²) in [4.78, 5) is 7.81. The van der Waals surface area contributed by atoms with Crippen molar-refractivity contribution in [2.75, 3.05) is 27.4 Å². The van der Waals surface area contributed by atoms with Crippen LogP contribution in [0.1, 0.15) is 12.5 Å². The van der Waals surface area contributed by atoms with E-state index in [4.69, 9.17) is 4.74 Å². The Hall–Kier alpha value is -2.03. The second kappa shape index (κ2) is 9.19. The number of nitrogens with zero attached hydrogens (tertiary/aromatic N) is 2. The molecule has 0 saturated heterocycles. The van der Waals surface area contributed by atoms with Crippen LogP contribution in [0.2, 0.25) is 0 Å². The van der Waals surface area contributed by atoms with E-state index in [1.807, 2.05) is 6.92 Å². The van der Waals surface area contributed by atoms with Crippen molar-refractivity contribution in [1.82, 2.24) is 15.6 Å². The molecule has 0 spiro atoms. The zero-order chi connectivity index (χ0) is 17.3. The van der Waals surface area contributed by atoms with Crippen LogP contribution in [-0.2, 0) is 11.3 Å². The number of hydrogen-bond donors (Lipinski definition) is 2. The van der Waals surface area contributed by atoms with Crippen molar-refractivity contribution in [3.63, 3.8) is 0 Å². The number of pyridine rings is 1. The average Bonchev–Trinajstić information content (AvgIpc) is 2.49. The van der Waals surface area contributed by atoms with Gasteiger partial charge in [0.2, 0.25) is 5.88 Å². The first-order valence-electron chi connectivity index (χ1n) is 6.94. The number of halogens is 3. The summed E-state index contributed by atoms with van der Waals surface area (Å²) in [5.74, 6) is 0.487. The lowest BCUT2D eigenvalue weighted by Crippen LogP contribution is -2.43. The van der Waals surface area contributed by atoms with E-state index in [1.165, 1.54) is 12.3 Å². The molecule has 9 heteroatoms. The standard InChI is InChI=1S/C14H21F3N4O2/c1-10(8-22-3)21-13(18-2)20-7-11-4-5-19-12(6-11)23-9-14(15,16)17/h4-6,10H,7-9H2,1-3H3,(H2,18,20,21). The molecule has 0 aromatic carbocycles. The fraction of sp³-hybridized carbons (Fsp3) is 0.571. The minimum Gasteiger partial charge on any atom is -0.468 e.